The smallest absolute Gasteiger partial charge is 0.268 e. The SMILES string of the molecule is NS(=O)(=O)c1ccc(N2C(=O)c3cccnc3C2=O)cc1. The predicted octanol–water partition coefficient (Wildman–Crippen LogP) is 0.530. The Labute approximate surface area is 120 Å². The van der Waals surface area contributed by atoms with E-state index in [4.69, 9.17) is 5.14 Å². The number of hydrogen-bond acceptors (Lipinski definition) is 5. The standard InChI is InChI=1S/C13H9N3O4S/c14-21(19,20)9-5-3-8(4-6-9)16-12(17)10-2-1-7-15-11(10)13(16)18/h1-7H,(H2,14,19,20). The summed E-state index contributed by atoms with van der Waals surface area (Å²) in [6.07, 6.45) is 1.43. The van der Waals surface area contributed by atoms with Crippen molar-refractivity contribution < 1.29 is 18.0 Å². The Kier molecular flexibility index (Phi) is 2.85. The fourth-order valence-corrected chi connectivity index (χ4v) is 2.60. The van der Waals surface area contributed by atoms with Gasteiger partial charge in [0.25, 0.3) is 11.8 Å². The van der Waals surface area contributed by atoms with Gasteiger partial charge in [-0.3, -0.25) is 14.6 Å². The summed E-state index contributed by atoms with van der Waals surface area (Å²) in [5, 5.41) is 5.00. The zero-order chi connectivity index (χ0) is 15.2. The first kappa shape index (κ1) is 13.4. The average Bonchev–Trinajstić information content (AvgIpc) is 2.71. The molecule has 2 N–H and O–H groups in total. The predicted molar refractivity (Wildman–Crippen MR) is 73.2 cm³/mol. The van der Waals surface area contributed by atoms with E-state index in [1.807, 2.05) is 0 Å². The highest BCUT2D eigenvalue weighted by Gasteiger charge is 2.37. The number of primary sulfonamides is 1. The van der Waals surface area contributed by atoms with Crippen molar-refractivity contribution in [2.24, 2.45) is 5.14 Å². The maximum Gasteiger partial charge on any atom is 0.284 e. The van der Waals surface area contributed by atoms with Crippen molar-refractivity contribution in [3.63, 3.8) is 0 Å². The van der Waals surface area contributed by atoms with E-state index in [-0.39, 0.29) is 21.8 Å². The molecule has 0 aliphatic carbocycles. The first-order valence-corrected chi connectivity index (χ1v) is 7.41. The number of imide groups is 1. The number of benzene rings is 1. The summed E-state index contributed by atoms with van der Waals surface area (Å²) in [7, 11) is -3.82. The number of rotatable bonds is 2. The average molecular weight is 303 g/mol. The summed E-state index contributed by atoms with van der Waals surface area (Å²) >= 11 is 0. The Hall–Kier alpha value is -2.58. The van der Waals surface area contributed by atoms with Gasteiger partial charge in [-0.25, -0.2) is 18.5 Å². The second-order valence-corrected chi connectivity index (χ2v) is 5.95. The Morgan fingerprint density at radius 3 is 2.24 bits per heavy atom. The summed E-state index contributed by atoms with van der Waals surface area (Å²) in [6, 6.07) is 8.25. The van der Waals surface area contributed by atoms with E-state index in [0.717, 1.165) is 4.90 Å². The van der Waals surface area contributed by atoms with Gasteiger partial charge in [0, 0.05) is 6.20 Å². The first-order valence-electron chi connectivity index (χ1n) is 5.86. The van der Waals surface area contributed by atoms with E-state index >= 15 is 0 Å². The molecule has 0 fully saturated rings. The molecule has 106 valence electrons. The molecule has 0 radical (unpaired) electrons. The van der Waals surface area contributed by atoms with Gasteiger partial charge in [-0.05, 0) is 36.4 Å². The van der Waals surface area contributed by atoms with Crippen LogP contribution in [0, 0.1) is 0 Å². The lowest BCUT2D eigenvalue weighted by Crippen LogP contribution is -2.29. The van der Waals surface area contributed by atoms with Gasteiger partial charge in [0.2, 0.25) is 10.0 Å². The third kappa shape index (κ3) is 2.10. The maximum absolute atomic E-state index is 12.2. The van der Waals surface area contributed by atoms with E-state index < -0.39 is 21.8 Å². The van der Waals surface area contributed by atoms with Gasteiger partial charge in [0.1, 0.15) is 5.69 Å². The van der Waals surface area contributed by atoms with Crippen molar-refractivity contribution in [2.75, 3.05) is 4.90 Å². The number of carbonyl (C=O) groups is 2. The van der Waals surface area contributed by atoms with Crippen molar-refractivity contribution in [3.8, 4) is 0 Å². The second-order valence-electron chi connectivity index (χ2n) is 4.38. The van der Waals surface area contributed by atoms with Gasteiger partial charge in [0.15, 0.2) is 0 Å². The molecule has 0 bridgehead atoms. The quantitative estimate of drug-likeness (QED) is 0.814. The number of anilines is 1. The number of nitrogens with two attached hydrogens (primary N) is 1. The number of aromatic nitrogens is 1. The van der Waals surface area contributed by atoms with Crippen molar-refractivity contribution in [3.05, 3.63) is 53.9 Å². The third-order valence-electron chi connectivity index (χ3n) is 3.07. The van der Waals surface area contributed by atoms with Crippen molar-refractivity contribution in [2.45, 2.75) is 4.90 Å². The number of hydrogen-bond donors (Lipinski definition) is 1. The molecule has 1 aliphatic heterocycles. The number of carbonyl (C=O) groups excluding carboxylic acids is 2. The Morgan fingerprint density at radius 2 is 1.67 bits per heavy atom. The number of sulfonamides is 1. The van der Waals surface area contributed by atoms with Crippen LogP contribution in [-0.2, 0) is 10.0 Å². The largest absolute Gasteiger partial charge is 0.284 e. The number of nitrogens with zero attached hydrogens (tertiary/aromatic N) is 2. The van der Waals surface area contributed by atoms with E-state index in [9.17, 15) is 18.0 Å². The second kappa shape index (κ2) is 4.47. The molecule has 2 aromatic rings. The number of amides is 2. The maximum atomic E-state index is 12.2. The number of fused-ring (bicyclic) bond motifs is 1. The Balaban J connectivity index is 2.03. The lowest BCUT2D eigenvalue weighted by Gasteiger charge is -2.13. The molecule has 1 aromatic carbocycles. The van der Waals surface area contributed by atoms with Crippen molar-refractivity contribution >= 4 is 27.5 Å². The van der Waals surface area contributed by atoms with Crippen LogP contribution in [0.2, 0.25) is 0 Å². The van der Waals surface area contributed by atoms with Crippen LogP contribution in [0.15, 0.2) is 47.5 Å². The summed E-state index contributed by atoms with van der Waals surface area (Å²) in [4.78, 5) is 29.1. The van der Waals surface area contributed by atoms with Crippen molar-refractivity contribution in [1.29, 1.82) is 0 Å². The Morgan fingerprint density at radius 1 is 1.00 bits per heavy atom. The topological polar surface area (TPSA) is 110 Å². The minimum Gasteiger partial charge on any atom is -0.268 e. The van der Waals surface area contributed by atoms with Crippen LogP contribution in [0.25, 0.3) is 0 Å². The van der Waals surface area contributed by atoms with Gasteiger partial charge in [-0.15, -0.1) is 0 Å². The third-order valence-corrected chi connectivity index (χ3v) is 4.00. The summed E-state index contributed by atoms with van der Waals surface area (Å²) in [5.74, 6) is -1.04. The molecule has 0 unspecified atom stereocenters. The van der Waals surface area contributed by atoms with Crippen LogP contribution < -0.4 is 10.0 Å². The minimum absolute atomic E-state index is 0.0815. The van der Waals surface area contributed by atoms with Crippen molar-refractivity contribution in [1.82, 2.24) is 4.98 Å². The molecule has 1 aromatic heterocycles. The molecule has 3 rings (SSSR count). The first-order chi connectivity index (χ1) is 9.89. The lowest BCUT2D eigenvalue weighted by molar-refractivity contribution is 0.0924. The fraction of sp³-hybridized carbons (Fsp3) is 0. The van der Waals surface area contributed by atoms with Gasteiger partial charge in [-0.2, -0.15) is 0 Å². The number of pyridine rings is 1. The Bertz CT molecular complexity index is 824. The highest BCUT2D eigenvalue weighted by Crippen LogP contribution is 2.27. The molecule has 0 spiro atoms. The van der Waals surface area contributed by atoms with E-state index in [1.54, 1.807) is 6.07 Å². The minimum atomic E-state index is -3.82. The van der Waals surface area contributed by atoms with E-state index in [1.165, 1.54) is 36.5 Å². The monoisotopic (exact) mass is 303 g/mol. The zero-order valence-electron chi connectivity index (χ0n) is 10.6. The highest BCUT2D eigenvalue weighted by atomic mass is 32.2. The molecular weight excluding hydrogens is 294 g/mol. The molecule has 2 amide bonds. The highest BCUT2D eigenvalue weighted by molar-refractivity contribution is 7.89. The van der Waals surface area contributed by atoms with Gasteiger partial charge < -0.3 is 0 Å². The van der Waals surface area contributed by atoms with E-state index in [2.05, 4.69) is 4.98 Å². The fourth-order valence-electron chi connectivity index (χ4n) is 2.09. The molecule has 1 aliphatic rings. The van der Waals surface area contributed by atoms with E-state index in [0.29, 0.717) is 0 Å². The van der Waals surface area contributed by atoms with Crippen LogP contribution in [0.3, 0.4) is 0 Å². The molecule has 8 heteroatoms. The van der Waals surface area contributed by atoms with Crippen LogP contribution in [-0.4, -0.2) is 25.2 Å². The lowest BCUT2D eigenvalue weighted by atomic mass is 10.2. The van der Waals surface area contributed by atoms with Gasteiger partial charge >= 0.3 is 0 Å². The van der Waals surface area contributed by atoms with Gasteiger partial charge in [0.05, 0.1) is 16.1 Å². The normalized spacial score (nSPS) is 14.4. The van der Waals surface area contributed by atoms with Gasteiger partial charge in [-0.1, -0.05) is 0 Å². The summed E-state index contributed by atoms with van der Waals surface area (Å²) < 4.78 is 22.4. The molecule has 21 heavy (non-hydrogen) atoms. The molecule has 2 heterocycles. The summed E-state index contributed by atoms with van der Waals surface area (Å²) in [6.45, 7) is 0. The molecule has 7 nitrogen and oxygen atoms in total. The zero-order valence-corrected chi connectivity index (χ0v) is 11.4. The molecule has 0 saturated carbocycles. The van der Waals surface area contributed by atoms with Crippen LogP contribution >= 0.6 is 0 Å². The molecule has 0 saturated heterocycles. The molecular formula is C13H9N3O4S. The summed E-state index contributed by atoms with van der Waals surface area (Å²) in [5.41, 5.74) is 0.562. The van der Waals surface area contributed by atoms with Crippen LogP contribution in [0.4, 0.5) is 5.69 Å². The molecule has 0 atom stereocenters. The van der Waals surface area contributed by atoms with Crippen LogP contribution in [0.1, 0.15) is 20.8 Å². The van der Waals surface area contributed by atoms with Crippen LogP contribution in [0.5, 0.6) is 0 Å².